The Labute approximate surface area is 175 Å². The molecule has 4 nitrogen and oxygen atoms in total. The Hall–Kier alpha value is -0.890. The second-order valence-electron chi connectivity index (χ2n) is 7.33. The highest BCUT2D eigenvalue weighted by Crippen LogP contribution is 2.16. The maximum atomic E-state index is 13.7. The van der Waals surface area contributed by atoms with Gasteiger partial charge >= 0.3 is 0 Å². The number of nitrogens with one attached hydrogen (secondary N) is 2. The van der Waals surface area contributed by atoms with Crippen LogP contribution in [0.1, 0.15) is 39.2 Å². The Morgan fingerprint density at radius 1 is 1.31 bits per heavy atom. The molecule has 0 bridgehead atoms. The Morgan fingerprint density at radius 2 is 2.08 bits per heavy atom. The zero-order valence-corrected chi connectivity index (χ0v) is 18.6. The van der Waals surface area contributed by atoms with Gasteiger partial charge < -0.3 is 15.5 Å². The van der Waals surface area contributed by atoms with Crippen LogP contribution in [0, 0.1) is 17.7 Å². The van der Waals surface area contributed by atoms with E-state index in [0.29, 0.717) is 23.9 Å². The maximum absolute atomic E-state index is 13.7. The molecule has 0 amide bonds. The number of likely N-dealkylation sites (tertiary alicyclic amines) is 1. The highest BCUT2D eigenvalue weighted by Gasteiger charge is 2.20. The molecule has 1 saturated heterocycles. The third-order valence-corrected chi connectivity index (χ3v) is 4.49. The molecule has 0 aromatic heterocycles. The molecule has 1 aromatic carbocycles. The third-order valence-electron chi connectivity index (χ3n) is 4.49. The number of piperidine rings is 1. The summed E-state index contributed by atoms with van der Waals surface area (Å²) in [7, 11) is 0. The van der Waals surface area contributed by atoms with E-state index in [2.05, 4.69) is 34.4 Å². The van der Waals surface area contributed by atoms with Gasteiger partial charge in [-0.05, 0) is 44.2 Å². The van der Waals surface area contributed by atoms with Crippen LogP contribution < -0.4 is 10.6 Å². The first kappa shape index (κ1) is 23.1. The minimum Gasteiger partial charge on any atom is -0.357 e. The van der Waals surface area contributed by atoms with Crippen LogP contribution in [0.2, 0.25) is 0 Å². The van der Waals surface area contributed by atoms with Crippen LogP contribution in [0.25, 0.3) is 0 Å². The van der Waals surface area contributed by atoms with Gasteiger partial charge in [-0.15, -0.1) is 24.0 Å². The number of hydrogen-bond donors (Lipinski definition) is 2. The van der Waals surface area contributed by atoms with Crippen LogP contribution in [0.15, 0.2) is 29.3 Å². The van der Waals surface area contributed by atoms with Gasteiger partial charge in [0.05, 0.1) is 6.54 Å². The van der Waals surface area contributed by atoms with Gasteiger partial charge in [-0.3, -0.25) is 0 Å². The fourth-order valence-corrected chi connectivity index (χ4v) is 3.37. The molecule has 1 heterocycles. The van der Waals surface area contributed by atoms with E-state index in [4.69, 9.17) is 0 Å². The first-order valence-corrected chi connectivity index (χ1v) is 9.56. The van der Waals surface area contributed by atoms with Crippen LogP contribution in [-0.4, -0.2) is 43.6 Å². The minimum absolute atomic E-state index is 0. The van der Waals surface area contributed by atoms with Crippen molar-refractivity contribution >= 4 is 29.9 Å². The van der Waals surface area contributed by atoms with E-state index < -0.39 is 0 Å². The first-order chi connectivity index (χ1) is 12.1. The van der Waals surface area contributed by atoms with Crippen LogP contribution in [0.4, 0.5) is 4.39 Å². The predicted molar refractivity (Wildman–Crippen MR) is 119 cm³/mol. The molecule has 0 spiro atoms. The highest BCUT2D eigenvalue weighted by molar-refractivity contribution is 14.0. The van der Waals surface area contributed by atoms with Crippen molar-refractivity contribution in [1.29, 1.82) is 0 Å². The summed E-state index contributed by atoms with van der Waals surface area (Å²) in [6, 6.07) is 6.82. The van der Waals surface area contributed by atoms with E-state index in [0.717, 1.165) is 25.6 Å². The highest BCUT2D eigenvalue weighted by atomic mass is 127. The molecule has 26 heavy (non-hydrogen) atoms. The SMILES string of the molecule is CCNC(=NCc1ccccc1F)NCC1CCCN(CC(C)C)C1.I. The second kappa shape index (κ2) is 12.5. The lowest BCUT2D eigenvalue weighted by atomic mass is 9.97. The Bertz CT molecular complexity index is 550. The van der Waals surface area contributed by atoms with Gasteiger partial charge in [0.1, 0.15) is 5.82 Å². The number of benzene rings is 1. The van der Waals surface area contributed by atoms with Gasteiger partial charge in [0.25, 0.3) is 0 Å². The molecule has 1 unspecified atom stereocenters. The standard InChI is InChI=1S/C20H33FN4.HI/c1-4-22-20(24-13-18-9-5-6-10-19(18)21)23-12-17-8-7-11-25(15-17)14-16(2)3;/h5-6,9-10,16-17H,4,7-8,11-15H2,1-3H3,(H2,22,23,24);1H. The Kier molecular flexibility index (Phi) is 11.1. The third kappa shape index (κ3) is 8.20. The van der Waals surface area contributed by atoms with Gasteiger partial charge in [0.2, 0.25) is 0 Å². The molecule has 1 aliphatic heterocycles. The van der Waals surface area contributed by atoms with Gasteiger partial charge in [0.15, 0.2) is 5.96 Å². The van der Waals surface area contributed by atoms with Crippen molar-refractivity contribution < 1.29 is 4.39 Å². The number of halogens is 2. The van der Waals surface area contributed by atoms with E-state index in [1.807, 2.05) is 13.0 Å². The number of rotatable bonds is 7. The van der Waals surface area contributed by atoms with Crippen molar-refractivity contribution in [3.63, 3.8) is 0 Å². The topological polar surface area (TPSA) is 39.7 Å². The van der Waals surface area contributed by atoms with E-state index in [1.165, 1.54) is 32.0 Å². The molecule has 6 heteroatoms. The second-order valence-corrected chi connectivity index (χ2v) is 7.33. The maximum Gasteiger partial charge on any atom is 0.191 e. The molecule has 1 atom stereocenters. The molecule has 2 N–H and O–H groups in total. The summed E-state index contributed by atoms with van der Waals surface area (Å²) in [5, 5.41) is 6.70. The fourth-order valence-electron chi connectivity index (χ4n) is 3.37. The van der Waals surface area contributed by atoms with Crippen molar-refractivity contribution in [2.24, 2.45) is 16.8 Å². The Morgan fingerprint density at radius 3 is 2.77 bits per heavy atom. The molecular weight excluding hydrogens is 442 g/mol. The smallest absolute Gasteiger partial charge is 0.191 e. The van der Waals surface area contributed by atoms with Gasteiger partial charge in [-0.25, -0.2) is 9.38 Å². The van der Waals surface area contributed by atoms with Crippen LogP contribution >= 0.6 is 24.0 Å². The van der Waals surface area contributed by atoms with Crippen molar-refractivity contribution in [1.82, 2.24) is 15.5 Å². The summed E-state index contributed by atoms with van der Waals surface area (Å²) in [5.74, 6) is 1.93. The summed E-state index contributed by atoms with van der Waals surface area (Å²) in [6.07, 6.45) is 2.52. The average Bonchev–Trinajstić information content (AvgIpc) is 2.58. The summed E-state index contributed by atoms with van der Waals surface area (Å²) in [6.45, 7) is 12.2. The average molecular weight is 476 g/mol. The normalized spacial score (nSPS) is 18.5. The fraction of sp³-hybridized carbons (Fsp3) is 0.650. The molecular formula is C20H34FIN4. The van der Waals surface area contributed by atoms with Crippen LogP contribution in [0.5, 0.6) is 0 Å². The summed E-state index contributed by atoms with van der Waals surface area (Å²) in [5.41, 5.74) is 0.625. The van der Waals surface area contributed by atoms with Crippen molar-refractivity contribution in [3.05, 3.63) is 35.6 Å². The molecule has 0 radical (unpaired) electrons. The van der Waals surface area contributed by atoms with Crippen molar-refractivity contribution in [3.8, 4) is 0 Å². The zero-order valence-electron chi connectivity index (χ0n) is 16.3. The van der Waals surface area contributed by atoms with Gasteiger partial charge in [-0.1, -0.05) is 32.0 Å². The monoisotopic (exact) mass is 476 g/mol. The van der Waals surface area contributed by atoms with Crippen molar-refractivity contribution in [2.75, 3.05) is 32.7 Å². The van der Waals surface area contributed by atoms with E-state index >= 15 is 0 Å². The lowest BCUT2D eigenvalue weighted by molar-refractivity contribution is 0.159. The molecule has 148 valence electrons. The molecule has 1 aliphatic rings. The van der Waals surface area contributed by atoms with Crippen LogP contribution in [0.3, 0.4) is 0 Å². The van der Waals surface area contributed by atoms with E-state index in [1.54, 1.807) is 12.1 Å². The summed E-state index contributed by atoms with van der Waals surface area (Å²) in [4.78, 5) is 7.11. The van der Waals surface area contributed by atoms with Gasteiger partial charge in [0, 0.05) is 31.7 Å². The number of aliphatic imine (C=N–C) groups is 1. The quantitative estimate of drug-likeness (QED) is 0.357. The zero-order chi connectivity index (χ0) is 18.1. The Balaban J connectivity index is 0.00000338. The lowest BCUT2D eigenvalue weighted by Crippen LogP contribution is -2.45. The van der Waals surface area contributed by atoms with Crippen LogP contribution in [-0.2, 0) is 6.54 Å². The summed E-state index contributed by atoms with van der Waals surface area (Å²) >= 11 is 0. The van der Waals surface area contributed by atoms with E-state index in [-0.39, 0.29) is 29.8 Å². The largest absolute Gasteiger partial charge is 0.357 e. The van der Waals surface area contributed by atoms with Crippen molar-refractivity contribution in [2.45, 2.75) is 40.2 Å². The molecule has 2 rings (SSSR count). The predicted octanol–water partition coefficient (Wildman–Crippen LogP) is 3.87. The number of hydrogen-bond acceptors (Lipinski definition) is 2. The summed E-state index contributed by atoms with van der Waals surface area (Å²) < 4.78 is 13.7. The van der Waals surface area contributed by atoms with E-state index in [9.17, 15) is 4.39 Å². The molecule has 1 fully saturated rings. The first-order valence-electron chi connectivity index (χ1n) is 9.56. The molecule has 1 aromatic rings. The minimum atomic E-state index is -0.196. The molecule has 0 saturated carbocycles. The molecule has 0 aliphatic carbocycles. The lowest BCUT2D eigenvalue weighted by Gasteiger charge is -2.34. The number of guanidine groups is 1. The number of nitrogens with zero attached hydrogens (tertiary/aromatic N) is 2. The van der Waals surface area contributed by atoms with Gasteiger partial charge in [-0.2, -0.15) is 0 Å².